The molecule has 2 rings (SSSR count). The van der Waals surface area contributed by atoms with E-state index in [1.807, 2.05) is 13.8 Å². The largest absolute Gasteiger partial charge is 0.368 e. The van der Waals surface area contributed by atoms with Gasteiger partial charge in [-0.1, -0.05) is 13.8 Å². The summed E-state index contributed by atoms with van der Waals surface area (Å²) >= 11 is 0. The molecule has 0 fully saturated rings. The molecular formula is C8H11N5O. The summed E-state index contributed by atoms with van der Waals surface area (Å²) in [5.41, 5.74) is 6.54. The van der Waals surface area contributed by atoms with Gasteiger partial charge in [-0.15, -0.1) is 0 Å². The minimum absolute atomic E-state index is 0.107. The maximum absolute atomic E-state index is 11.0. The number of hydrogen-bond donors (Lipinski definition) is 2. The Morgan fingerprint density at radius 1 is 1.57 bits per heavy atom. The molecular weight excluding hydrogens is 182 g/mol. The van der Waals surface area contributed by atoms with Gasteiger partial charge in [-0.25, -0.2) is 4.79 Å². The average molecular weight is 193 g/mol. The molecule has 0 amide bonds. The van der Waals surface area contributed by atoms with Crippen molar-refractivity contribution in [3.05, 3.63) is 22.2 Å². The van der Waals surface area contributed by atoms with Crippen molar-refractivity contribution in [3.63, 3.8) is 0 Å². The van der Waals surface area contributed by atoms with Gasteiger partial charge >= 0.3 is 5.69 Å². The van der Waals surface area contributed by atoms with Crippen molar-refractivity contribution in [2.45, 2.75) is 19.8 Å². The first-order chi connectivity index (χ1) is 6.58. The number of nitrogen functional groups attached to an aromatic ring is 1. The number of nitrogens with zero attached hydrogens (tertiary/aromatic N) is 3. The monoisotopic (exact) mass is 193 g/mol. The number of hydrogen-bond acceptors (Lipinski definition) is 4. The summed E-state index contributed by atoms with van der Waals surface area (Å²) < 4.78 is 1.43. The Kier molecular flexibility index (Phi) is 1.77. The van der Waals surface area contributed by atoms with Crippen LogP contribution in [0.3, 0.4) is 0 Å². The van der Waals surface area contributed by atoms with Crippen LogP contribution in [0.15, 0.2) is 10.9 Å². The molecule has 0 aliphatic heterocycles. The molecule has 3 N–H and O–H groups in total. The van der Waals surface area contributed by atoms with Gasteiger partial charge in [0, 0.05) is 6.07 Å². The van der Waals surface area contributed by atoms with Crippen LogP contribution in [-0.2, 0) is 0 Å². The Morgan fingerprint density at radius 3 is 2.93 bits per heavy atom. The first kappa shape index (κ1) is 8.74. The first-order valence-electron chi connectivity index (χ1n) is 4.33. The predicted octanol–water partition coefficient (Wildman–Crippen LogP) is 0.123. The van der Waals surface area contributed by atoms with Crippen molar-refractivity contribution in [1.29, 1.82) is 0 Å². The van der Waals surface area contributed by atoms with Crippen LogP contribution in [0.2, 0.25) is 0 Å². The highest BCUT2D eigenvalue weighted by molar-refractivity contribution is 5.43. The third kappa shape index (κ3) is 1.24. The van der Waals surface area contributed by atoms with Crippen LogP contribution >= 0.6 is 0 Å². The van der Waals surface area contributed by atoms with Crippen molar-refractivity contribution in [3.8, 4) is 0 Å². The van der Waals surface area contributed by atoms with E-state index in [-0.39, 0.29) is 11.9 Å². The molecule has 0 bridgehead atoms. The lowest BCUT2D eigenvalue weighted by molar-refractivity contribution is 0.780. The highest BCUT2D eigenvalue weighted by atomic mass is 16.1. The van der Waals surface area contributed by atoms with E-state index in [4.69, 9.17) is 5.73 Å². The van der Waals surface area contributed by atoms with E-state index in [1.54, 1.807) is 6.07 Å². The fourth-order valence-corrected chi connectivity index (χ4v) is 1.23. The first-order valence-corrected chi connectivity index (χ1v) is 4.33. The van der Waals surface area contributed by atoms with Gasteiger partial charge in [0.25, 0.3) is 0 Å². The molecule has 6 nitrogen and oxygen atoms in total. The topological polar surface area (TPSA) is 89.1 Å². The zero-order chi connectivity index (χ0) is 10.3. The molecule has 0 saturated carbocycles. The molecule has 0 aliphatic carbocycles. The molecule has 0 atom stereocenters. The molecule has 0 saturated heterocycles. The molecule has 74 valence electrons. The summed E-state index contributed by atoms with van der Waals surface area (Å²) in [6.45, 7) is 4.03. The molecule has 2 aromatic heterocycles. The maximum Gasteiger partial charge on any atom is 0.349 e. The van der Waals surface area contributed by atoms with Gasteiger partial charge in [0.1, 0.15) is 5.65 Å². The summed E-state index contributed by atoms with van der Waals surface area (Å²) in [5, 5.41) is 4.21. The Labute approximate surface area is 79.8 Å². The molecule has 2 aromatic rings. The molecule has 2 heterocycles. The molecule has 0 spiro atoms. The number of fused-ring (bicyclic) bond motifs is 1. The number of nitrogens with two attached hydrogens (primary N) is 1. The number of aromatic nitrogens is 4. The van der Waals surface area contributed by atoms with E-state index >= 15 is 0 Å². The van der Waals surface area contributed by atoms with Crippen LogP contribution in [-0.4, -0.2) is 19.6 Å². The van der Waals surface area contributed by atoms with Crippen LogP contribution in [0.4, 0.5) is 5.95 Å². The molecule has 0 aliphatic rings. The lowest BCUT2D eigenvalue weighted by Gasteiger charge is -1.96. The van der Waals surface area contributed by atoms with Crippen LogP contribution in [0.1, 0.15) is 25.5 Å². The summed E-state index contributed by atoms with van der Waals surface area (Å²) in [6.07, 6.45) is 0. The summed E-state index contributed by atoms with van der Waals surface area (Å²) in [6, 6.07) is 1.80. The number of H-pyrrole nitrogens is 1. The van der Waals surface area contributed by atoms with Crippen LogP contribution in [0.25, 0.3) is 5.65 Å². The van der Waals surface area contributed by atoms with Gasteiger partial charge in [0.15, 0.2) is 0 Å². The van der Waals surface area contributed by atoms with E-state index in [1.165, 1.54) is 4.52 Å². The second-order valence-corrected chi connectivity index (χ2v) is 3.42. The predicted molar refractivity (Wildman–Crippen MR) is 52.1 cm³/mol. The lowest BCUT2D eigenvalue weighted by Crippen LogP contribution is -2.16. The van der Waals surface area contributed by atoms with Crippen LogP contribution in [0.5, 0.6) is 0 Å². The van der Waals surface area contributed by atoms with Gasteiger partial charge in [-0.3, -0.25) is 4.98 Å². The minimum Gasteiger partial charge on any atom is -0.368 e. The second-order valence-electron chi connectivity index (χ2n) is 3.42. The quantitative estimate of drug-likeness (QED) is 0.673. The van der Waals surface area contributed by atoms with Crippen molar-refractivity contribution in [1.82, 2.24) is 19.6 Å². The minimum atomic E-state index is -0.454. The molecule has 6 heteroatoms. The summed E-state index contributed by atoms with van der Waals surface area (Å²) in [5.74, 6) is 0.397. The molecule has 14 heavy (non-hydrogen) atoms. The molecule has 0 unspecified atom stereocenters. The highest BCUT2D eigenvalue weighted by Crippen LogP contribution is 2.13. The summed E-state index contributed by atoms with van der Waals surface area (Å²) in [4.78, 5) is 17.1. The zero-order valence-electron chi connectivity index (χ0n) is 7.98. The standard InChI is InChI=1S/C8H11N5O/c1-4(2)5-3-6-10-8(14)11-7(9)13(6)12-5/h3-4H,1-2H3,(H3,9,10,11,14). The van der Waals surface area contributed by atoms with Gasteiger partial charge in [-0.05, 0) is 5.92 Å². The molecule has 0 radical (unpaired) electrons. The van der Waals surface area contributed by atoms with Crippen LogP contribution in [0, 0.1) is 0 Å². The fraction of sp³-hybridized carbons (Fsp3) is 0.375. The van der Waals surface area contributed by atoms with E-state index in [9.17, 15) is 4.79 Å². The van der Waals surface area contributed by atoms with Crippen molar-refractivity contribution < 1.29 is 0 Å². The van der Waals surface area contributed by atoms with Gasteiger partial charge in [0.05, 0.1) is 5.69 Å². The Bertz CT molecular complexity index is 524. The fourth-order valence-electron chi connectivity index (χ4n) is 1.23. The third-order valence-corrected chi connectivity index (χ3v) is 1.99. The van der Waals surface area contributed by atoms with E-state index in [2.05, 4.69) is 15.1 Å². The van der Waals surface area contributed by atoms with E-state index in [0.29, 0.717) is 5.65 Å². The van der Waals surface area contributed by atoms with E-state index in [0.717, 1.165) is 5.69 Å². The van der Waals surface area contributed by atoms with E-state index < -0.39 is 5.69 Å². The highest BCUT2D eigenvalue weighted by Gasteiger charge is 2.08. The van der Waals surface area contributed by atoms with Gasteiger partial charge < -0.3 is 5.73 Å². The Hall–Kier alpha value is -1.85. The maximum atomic E-state index is 11.0. The van der Waals surface area contributed by atoms with Crippen LogP contribution < -0.4 is 11.4 Å². The second kappa shape index (κ2) is 2.83. The van der Waals surface area contributed by atoms with Crippen molar-refractivity contribution >= 4 is 11.6 Å². The SMILES string of the molecule is CC(C)c1cc2[nH]c(=O)nc(N)n2n1. The number of nitrogens with one attached hydrogen (secondary N) is 1. The average Bonchev–Trinajstić information content (AvgIpc) is 2.47. The van der Waals surface area contributed by atoms with Crippen molar-refractivity contribution in [2.24, 2.45) is 0 Å². The Balaban J connectivity index is 2.77. The lowest BCUT2D eigenvalue weighted by atomic mass is 10.1. The van der Waals surface area contributed by atoms with Crippen molar-refractivity contribution in [2.75, 3.05) is 5.73 Å². The van der Waals surface area contributed by atoms with Gasteiger partial charge in [0.2, 0.25) is 5.95 Å². The normalized spacial score (nSPS) is 11.4. The number of rotatable bonds is 1. The third-order valence-electron chi connectivity index (χ3n) is 1.99. The Morgan fingerprint density at radius 2 is 2.29 bits per heavy atom. The number of anilines is 1. The molecule has 0 aromatic carbocycles. The number of aromatic amines is 1. The smallest absolute Gasteiger partial charge is 0.349 e. The van der Waals surface area contributed by atoms with Gasteiger partial charge in [-0.2, -0.15) is 14.6 Å². The summed E-state index contributed by atoms with van der Waals surface area (Å²) in [7, 11) is 0. The zero-order valence-corrected chi connectivity index (χ0v) is 7.98.